The van der Waals surface area contributed by atoms with Gasteiger partial charge in [0.2, 0.25) is 0 Å². The number of nitrogens with one attached hydrogen (secondary N) is 1. The van der Waals surface area contributed by atoms with Gasteiger partial charge >= 0.3 is 0 Å². The number of nitrogens with zero attached hydrogens (tertiary/aromatic N) is 3. The second kappa shape index (κ2) is 7.05. The fourth-order valence-electron chi connectivity index (χ4n) is 1.46. The first-order chi connectivity index (χ1) is 10.2. The zero-order chi connectivity index (χ0) is 15.1. The van der Waals surface area contributed by atoms with Crippen molar-refractivity contribution < 1.29 is 13.9 Å². The lowest BCUT2D eigenvalue weighted by Crippen LogP contribution is -2.24. The van der Waals surface area contributed by atoms with Crippen molar-refractivity contribution in [2.75, 3.05) is 13.2 Å². The average Bonchev–Trinajstić information content (AvgIpc) is 2.91. The minimum atomic E-state index is -0.435. The Hall–Kier alpha value is -2.88. The van der Waals surface area contributed by atoms with Crippen LogP contribution in [-0.2, 0) is 7.05 Å². The number of hydrogen-bond acceptors (Lipinski definition) is 4. The molecule has 21 heavy (non-hydrogen) atoms. The zero-order valence-electron chi connectivity index (χ0n) is 11.3. The first kappa shape index (κ1) is 14.5. The van der Waals surface area contributed by atoms with E-state index in [1.165, 1.54) is 23.0 Å². The van der Waals surface area contributed by atoms with Gasteiger partial charge in [0, 0.05) is 7.05 Å². The summed E-state index contributed by atoms with van der Waals surface area (Å²) < 4.78 is 19.8. The van der Waals surface area contributed by atoms with Gasteiger partial charge in [0.25, 0.3) is 5.91 Å². The number of benzene rings is 1. The molecule has 0 unspecified atom stereocenters. The minimum absolute atomic E-state index is 0.0436. The molecule has 7 heteroatoms. The van der Waals surface area contributed by atoms with Crippen LogP contribution in [0.4, 0.5) is 4.39 Å². The van der Waals surface area contributed by atoms with Crippen molar-refractivity contribution in [3.05, 3.63) is 42.0 Å². The van der Waals surface area contributed by atoms with Gasteiger partial charge in [0.05, 0.1) is 12.7 Å². The summed E-state index contributed by atoms with van der Waals surface area (Å²) in [5, 5.41) is 9.88. The summed E-state index contributed by atoms with van der Waals surface area (Å²) >= 11 is 0. The molecule has 0 bridgehead atoms. The first-order valence-corrected chi connectivity index (χ1v) is 6.14. The van der Waals surface area contributed by atoms with Crippen molar-refractivity contribution in [2.24, 2.45) is 7.05 Å². The van der Waals surface area contributed by atoms with Crippen LogP contribution in [0.25, 0.3) is 0 Å². The largest absolute Gasteiger partial charge is 0.478 e. The van der Waals surface area contributed by atoms with E-state index in [1.54, 1.807) is 19.2 Å². The first-order valence-electron chi connectivity index (χ1n) is 6.14. The number of hydrogen-bond donors (Lipinski definition) is 1. The monoisotopic (exact) mass is 288 g/mol. The van der Waals surface area contributed by atoms with Gasteiger partial charge < -0.3 is 10.1 Å². The molecule has 0 aliphatic heterocycles. The second-order valence-corrected chi connectivity index (χ2v) is 4.03. The highest BCUT2D eigenvalue weighted by Crippen LogP contribution is 2.14. The molecule has 108 valence electrons. The normalized spacial score (nSPS) is 9.62. The fourth-order valence-corrected chi connectivity index (χ4v) is 1.46. The molecule has 2 rings (SSSR count). The van der Waals surface area contributed by atoms with E-state index in [0.29, 0.717) is 0 Å². The van der Waals surface area contributed by atoms with Crippen molar-refractivity contribution >= 4 is 5.91 Å². The van der Waals surface area contributed by atoms with E-state index in [-0.39, 0.29) is 30.5 Å². The summed E-state index contributed by atoms with van der Waals surface area (Å²) in [5.41, 5.74) is 0.224. The standard InChI is InChI=1S/C14H13FN4O2/c1-19-10-12(17-18-19)14(20)16-8-4-5-9-21-13-7-3-2-6-11(13)15/h2-3,6-7,10H,8-9H2,1H3,(H,16,20). The molecule has 0 radical (unpaired) electrons. The number of aromatic nitrogens is 3. The maximum atomic E-state index is 13.2. The van der Waals surface area contributed by atoms with Gasteiger partial charge in [-0.2, -0.15) is 0 Å². The Morgan fingerprint density at radius 2 is 2.24 bits per heavy atom. The Kier molecular flexibility index (Phi) is 4.88. The second-order valence-electron chi connectivity index (χ2n) is 4.03. The Bertz CT molecular complexity index is 688. The van der Waals surface area contributed by atoms with Gasteiger partial charge in [-0.3, -0.25) is 9.48 Å². The van der Waals surface area contributed by atoms with Gasteiger partial charge in [-0.15, -0.1) is 5.10 Å². The third-order valence-electron chi connectivity index (χ3n) is 2.43. The molecule has 0 aliphatic carbocycles. The van der Waals surface area contributed by atoms with Crippen molar-refractivity contribution in [3.8, 4) is 17.6 Å². The molecule has 0 fully saturated rings. The Morgan fingerprint density at radius 3 is 2.95 bits per heavy atom. The third-order valence-corrected chi connectivity index (χ3v) is 2.43. The van der Waals surface area contributed by atoms with Gasteiger partial charge in [-0.05, 0) is 12.1 Å². The van der Waals surface area contributed by atoms with E-state index >= 15 is 0 Å². The maximum Gasteiger partial charge on any atom is 0.274 e. The van der Waals surface area contributed by atoms with E-state index in [1.807, 2.05) is 0 Å². The number of carbonyl (C=O) groups excluding carboxylic acids is 1. The quantitative estimate of drug-likeness (QED) is 0.844. The van der Waals surface area contributed by atoms with Crippen molar-refractivity contribution in [1.29, 1.82) is 0 Å². The number of halogens is 1. The van der Waals surface area contributed by atoms with Gasteiger partial charge in [0.15, 0.2) is 17.3 Å². The lowest BCUT2D eigenvalue weighted by atomic mass is 10.3. The summed E-state index contributed by atoms with van der Waals surface area (Å²) in [7, 11) is 1.67. The zero-order valence-corrected chi connectivity index (χ0v) is 11.3. The molecule has 6 nitrogen and oxygen atoms in total. The number of aryl methyl sites for hydroxylation is 1. The van der Waals surface area contributed by atoms with Gasteiger partial charge in [-0.25, -0.2) is 4.39 Å². The van der Waals surface area contributed by atoms with Crippen LogP contribution >= 0.6 is 0 Å². The summed E-state index contributed by atoms with van der Waals surface area (Å²) in [5.74, 6) is 4.74. The number of ether oxygens (including phenoxy) is 1. The van der Waals surface area contributed by atoms with Crippen LogP contribution in [0.1, 0.15) is 10.5 Å². The molecule has 0 saturated carbocycles. The van der Waals surface area contributed by atoms with E-state index < -0.39 is 5.82 Å². The molecule has 1 heterocycles. The van der Waals surface area contributed by atoms with Crippen LogP contribution in [0.5, 0.6) is 5.75 Å². The van der Waals surface area contributed by atoms with Crippen molar-refractivity contribution in [1.82, 2.24) is 20.3 Å². The highest BCUT2D eigenvalue weighted by Gasteiger charge is 2.07. The van der Waals surface area contributed by atoms with Crippen molar-refractivity contribution in [2.45, 2.75) is 0 Å². The van der Waals surface area contributed by atoms with Crippen LogP contribution in [-0.4, -0.2) is 34.1 Å². The van der Waals surface area contributed by atoms with Crippen molar-refractivity contribution in [3.63, 3.8) is 0 Å². The van der Waals surface area contributed by atoms with E-state index in [4.69, 9.17) is 4.74 Å². The molecular formula is C14H13FN4O2. The molecule has 0 spiro atoms. The lowest BCUT2D eigenvalue weighted by molar-refractivity contribution is 0.0953. The molecule has 0 saturated heterocycles. The van der Waals surface area contributed by atoms with E-state index in [9.17, 15) is 9.18 Å². The fraction of sp³-hybridized carbons (Fsp3) is 0.214. The smallest absolute Gasteiger partial charge is 0.274 e. The van der Waals surface area contributed by atoms with Crippen LogP contribution < -0.4 is 10.1 Å². The van der Waals surface area contributed by atoms with Crippen LogP contribution in [0, 0.1) is 17.7 Å². The molecule has 2 aromatic rings. The molecule has 0 aliphatic rings. The SMILES string of the molecule is Cn1cc(C(=O)NCC#CCOc2ccccc2F)nn1. The van der Waals surface area contributed by atoms with Gasteiger partial charge in [-0.1, -0.05) is 29.2 Å². The number of para-hydroxylation sites is 1. The molecule has 1 N–H and O–H groups in total. The summed E-state index contributed by atoms with van der Waals surface area (Å²) in [6.45, 7) is 0.192. The maximum absolute atomic E-state index is 13.2. The summed E-state index contributed by atoms with van der Waals surface area (Å²) in [4.78, 5) is 11.6. The van der Waals surface area contributed by atoms with Crippen LogP contribution in [0.2, 0.25) is 0 Å². The average molecular weight is 288 g/mol. The molecule has 1 aromatic carbocycles. The minimum Gasteiger partial charge on any atom is -0.478 e. The molecule has 0 atom stereocenters. The van der Waals surface area contributed by atoms with Crippen LogP contribution in [0.15, 0.2) is 30.5 Å². The summed E-state index contributed by atoms with van der Waals surface area (Å²) in [6, 6.07) is 6.08. The summed E-state index contributed by atoms with van der Waals surface area (Å²) in [6.07, 6.45) is 1.50. The third kappa shape index (κ3) is 4.31. The highest BCUT2D eigenvalue weighted by molar-refractivity contribution is 5.91. The Labute approximate surface area is 120 Å². The van der Waals surface area contributed by atoms with E-state index in [2.05, 4.69) is 27.5 Å². The Morgan fingerprint density at radius 1 is 1.43 bits per heavy atom. The number of amides is 1. The highest BCUT2D eigenvalue weighted by atomic mass is 19.1. The van der Waals surface area contributed by atoms with Gasteiger partial charge in [0.1, 0.15) is 6.61 Å². The molecule has 1 amide bonds. The Balaban J connectivity index is 1.72. The molecular weight excluding hydrogens is 275 g/mol. The predicted molar refractivity (Wildman–Crippen MR) is 73.0 cm³/mol. The topological polar surface area (TPSA) is 69.0 Å². The predicted octanol–water partition coefficient (Wildman–Crippen LogP) is 0.766. The number of carbonyl (C=O) groups is 1. The lowest BCUT2D eigenvalue weighted by Gasteiger charge is -2.01. The van der Waals surface area contributed by atoms with Crippen LogP contribution in [0.3, 0.4) is 0 Å². The number of rotatable bonds is 4. The molecule has 1 aromatic heterocycles. The van der Waals surface area contributed by atoms with E-state index in [0.717, 1.165) is 0 Å².